The molecule has 36 heavy (non-hydrogen) atoms. The summed E-state index contributed by atoms with van der Waals surface area (Å²) in [5.74, 6) is -0.0985. The van der Waals surface area contributed by atoms with Gasteiger partial charge in [-0.3, -0.25) is 10.1 Å². The predicted molar refractivity (Wildman–Crippen MR) is 141 cm³/mol. The molecule has 8 heteroatoms. The van der Waals surface area contributed by atoms with Crippen molar-refractivity contribution in [1.29, 1.82) is 0 Å². The van der Waals surface area contributed by atoms with Gasteiger partial charge in [0.2, 0.25) is 5.88 Å². The Hall–Kier alpha value is -3.81. The number of carboxylic acid groups (broad SMARTS) is 1. The first-order valence-corrected chi connectivity index (χ1v) is 12.4. The van der Waals surface area contributed by atoms with E-state index in [1.807, 2.05) is 48.5 Å². The maximum Gasteiger partial charge on any atom is 0.326 e. The van der Waals surface area contributed by atoms with Crippen molar-refractivity contribution >= 4 is 29.3 Å². The second-order valence-corrected chi connectivity index (χ2v) is 10.3. The van der Waals surface area contributed by atoms with Gasteiger partial charge in [-0.1, -0.05) is 69.2 Å². The van der Waals surface area contributed by atoms with Crippen LogP contribution in [0.4, 0.5) is 22.1 Å². The number of amides is 2. The molecule has 2 unspecified atom stereocenters. The molecule has 2 amide bonds. The van der Waals surface area contributed by atoms with Gasteiger partial charge in [0.1, 0.15) is 5.69 Å². The van der Waals surface area contributed by atoms with E-state index in [0.717, 1.165) is 29.9 Å². The zero-order valence-corrected chi connectivity index (χ0v) is 21.2. The van der Waals surface area contributed by atoms with Crippen LogP contribution in [-0.4, -0.2) is 35.4 Å². The lowest BCUT2D eigenvalue weighted by Crippen LogP contribution is -2.32. The number of benzene rings is 2. The molecule has 0 radical (unpaired) electrons. The first-order chi connectivity index (χ1) is 17.2. The van der Waals surface area contributed by atoms with E-state index < -0.39 is 12.0 Å². The topological polar surface area (TPSA) is 108 Å². The molecular weight excluding hydrogens is 456 g/mol. The maximum absolute atomic E-state index is 13.0. The number of carboxylic acids is 1. The first kappa shape index (κ1) is 25.3. The monoisotopic (exact) mass is 490 g/mol. The molecule has 1 heterocycles. The Morgan fingerprint density at radius 1 is 1.03 bits per heavy atom. The summed E-state index contributed by atoms with van der Waals surface area (Å²) in [6.45, 7) is 10.3. The summed E-state index contributed by atoms with van der Waals surface area (Å²) in [5.41, 5.74) is 3.99. The number of anilines is 3. The third-order valence-electron chi connectivity index (χ3n) is 6.13. The maximum atomic E-state index is 13.0. The number of hydrogen-bond acceptors (Lipinski definition) is 5. The quantitative estimate of drug-likeness (QED) is 0.308. The minimum atomic E-state index is -0.780. The number of urea groups is 1. The van der Waals surface area contributed by atoms with E-state index in [9.17, 15) is 14.7 Å². The number of nitrogens with zero attached hydrogens (tertiary/aromatic N) is 2. The molecule has 1 fully saturated rings. The predicted octanol–water partition coefficient (Wildman–Crippen LogP) is 6.29. The zero-order valence-electron chi connectivity index (χ0n) is 21.2. The van der Waals surface area contributed by atoms with Gasteiger partial charge >= 0.3 is 12.0 Å². The van der Waals surface area contributed by atoms with Crippen LogP contribution in [0.15, 0.2) is 59.1 Å². The lowest BCUT2D eigenvalue weighted by Gasteiger charge is -2.30. The molecule has 2 atom stereocenters. The lowest BCUT2D eigenvalue weighted by atomic mass is 10.0. The standard InChI is InChI=1S/C28H34N4O4/c1-17(2)15-32(16-18(3)4)25-11-10-20(21-13-22(21)27(33)34)12-24(25)29-28(35)30-26-14-23(31-36-26)19-8-6-5-7-9-19/h5-12,14,17-18,21-22H,13,15-16H2,1-4H3,(H,33,34)(H2,29,30,35). The smallest absolute Gasteiger partial charge is 0.326 e. The summed E-state index contributed by atoms with van der Waals surface area (Å²) >= 11 is 0. The average molecular weight is 491 g/mol. The number of aromatic nitrogens is 1. The van der Waals surface area contributed by atoms with Gasteiger partial charge in [-0.05, 0) is 41.9 Å². The molecule has 0 bridgehead atoms. The van der Waals surface area contributed by atoms with Gasteiger partial charge in [-0.2, -0.15) is 0 Å². The molecule has 3 N–H and O–H groups in total. The molecule has 1 aromatic heterocycles. The van der Waals surface area contributed by atoms with Crippen molar-refractivity contribution in [3.8, 4) is 11.3 Å². The Kier molecular flexibility index (Phi) is 7.62. The van der Waals surface area contributed by atoms with Gasteiger partial charge in [0.25, 0.3) is 0 Å². The molecule has 3 aromatic rings. The minimum absolute atomic E-state index is 0.0356. The van der Waals surface area contributed by atoms with Crippen LogP contribution in [0.25, 0.3) is 11.3 Å². The summed E-state index contributed by atoms with van der Waals surface area (Å²) < 4.78 is 5.33. The SMILES string of the molecule is CC(C)CN(CC(C)C)c1ccc(C2CC2C(=O)O)cc1NC(=O)Nc1cc(-c2ccccc2)no1. The van der Waals surface area contributed by atoms with Crippen LogP contribution in [0.2, 0.25) is 0 Å². The highest BCUT2D eigenvalue weighted by Crippen LogP contribution is 2.49. The largest absolute Gasteiger partial charge is 0.481 e. The molecule has 0 spiro atoms. The fraction of sp³-hybridized carbons (Fsp3) is 0.393. The second kappa shape index (κ2) is 10.8. The van der Waals surface area contributed by atoms with Crippen molar-refractivity contribution in [1.82, 2.24) is 5.16 Å². The molecule has 1 aliphatic rings. The summed E-state index contributed by atoms with van der Waals surface area (Å²) in [4.78, 5) is 26.7. The van der Waals surface area contributed by atoms with Crippen LogP contribution in [0, 0.1) is 17.8 Å². The Bertz CT molecular complexity index is 1200. The average Bonchev–Trinajstić information content (AvgIpc) is 3.50. The van der Waals surface area contributed by atoms with Gasteiger partial charge in [0.15, 0.2) is 0 Å². The van der Waals surface area contributed by atoms with Crippen molar-refractivity contribution in [3.63, 3.8) is 0 Å². The second-order valence-electron chi connectivity index (χ2n) is 10.3. The van der Waals surface area contributed by atoms with Crippen molar-refractivity contribution in [2.45, 2.75) is 40.0 Å². The number of nitrogens with one attached hydrogen (secondary N) is 2. The molecule has 190 valence electrons. The summed E-state index contributed by atoms with van der Waals surface area (Å²) in [6.07, 6.45) is 0.613. The van der Waals surface area contributed by atoms with Gasteiger partial charge in [0, 0.05) is 24.7 Å². The van der Waals surface area contributed by atoms with Gasteiger partial charge in [-0.15, -0.1) is 0 Å². The molecule has 8 nitrogen and oxygen atoms in total. The van der Waals surface area contributed by atoms with E-state index in [2.05, 4.69) is 48.4 Å². The Labute approximate surface area is 211 Å². The third kappa shape index (κ3) is 6.24. The van der Waals surface area contributed by atoms with Crippen LogP contribution >= 0.6 is 0 Å². The highest BCUT2D eigenvalue weighted by molar-refractivity contribution is 6.01. The van der Waals surface area contributed by atoms with Crippen LogP contribution in [0.3, 0.4) is 0 Å². The number of rotatable bonds is 10. The zero-order chi connectivity index (χ0) is 25.8. The van der Waals surface area contributed by atoms with E-state index in [0.29, 0.717) is 29.6 Å². The van der Waals surface area contributed by atoms with E-state index in [-0.39, 0.29) is 17.7 Å². The van der Waals surface area contributed by atoms with Crippen LogP contribution < -0.4 is 15.5 Å². The first-order valence-electron chi connectivity index (χ1n) is 12.4. The Balaban J connectivity index is 1.57. The summed E-state index contributed by atoms with van der Waals surface area (Å²) in [5, 5.41) is 19.1. The molecule has 0 saturated heterocycles. The molecule has 0 aliphatic heterocycles. The number of aliphatic carboxylic acids is 1. The van der Waals surface area contributed by atoms with Crippen molar-refractivity contribution in [3.05, 3.63) is 60.2 Å². The van der Waals surface area contributed by atoms with Crippen molar-refractivity contribution < 1.29 is 19.2 Å². The van der Waals surface area contributed by atoms with Crippen LogP contribution in [0.1, 0.15) is 45.6 Å². The highest BCUT2D eigenvalue weighted by Gasteiger charge is 2.44. The van der Waals surface area contributed by atoms with Gasteiger partial charge < -0.3 is 19.8 Å². The van der Waals surface area contributed by atoms with Gasteiger partial charge in [0.05, 0.1) is 17.3 Å². The summed E-state index contributed by atoms with van der Waals surface area (Å²) in [6, 6.07) is 16.7. The number of carbonyl (C=O) groups excluding carboxylic acids is 1. The van der Waals surface area contributed by atoms with E-state index in [1.54, 1.807) is 6.07 Å². The molecule has 2 aromatic carbocycles. The normalized spacial score (nSPS) is 16.7. The van der Waals surface area contributed by atoms with Crippen molar-refractivity contribution in [2.24, 2.45) is 17.8 Å². The van der Waals surface area contributed by atoms with Crippen LogP contribution in [0.5, 0.6) is 0 Å². The lowest BCUT2D eigenvalue weighted by molar-refractivity contribution is -0.138. The van der Waals surface area contributed by atoms with E-state index >= 15 is 0 Å². The van der Waals surface area contributed by atoms with Gasteiger partial charge in [-0.25, -0.2) is 4.79 Å². The fourth-order valence-electron chi connectivity index (χ4n) is 4.49. The number of carbonyl (C=O) groups is 2. The van der Waals surface area contributed by atoms with Crippen molar-refractivity contribution in [2.75, 3.05) is 28.6 Å². The Morgan fingerprint density at radius 3 is 2.33 bits per heavy atom. The Morgan fingerprint density at radius 2 is 1.72 bits per heavy atom. The minimum Gasteiger partial charge on any atom is -0.481 e. The third-order valence-corrected chi connectivity index (χ3v) is 6.13. The molecule has 1 aliphatic carbocycles. The van der Waals surface area contributed by atoms with E-state index in [4.69, 9.17) is 4.52 Å². The molecule has 4 rings (SSSR count). The highest BCUT2D eigenvalue weighted by atomic mass is 16.5. The van der Waals surface area contributed by atoms with E-state index in [1.165, 1.54) is 0 Å². The fourth-order valence-corrected chi connectivity index (χ4v) is 4.49. The molecule has 1 saturated carbocycles. The number of hydrogen-bond donors (Lipinski definition) is 3. The molecular formula is C28H34N4O4. The van der Waals surface area contributed by atoms with Crippen LogP contribution in [-0.2, 0) is 4.79 Å². The summed E-state index contributed by atoms with van der Waals surface area (Å²) in [7, 11) is 0.